The zero-order valence-electron chi connectivity index (χ0n) is 9.38. The number of hydrogen-bond acceptors (Lipinski definition) is 1. The minimum atomic E-state index is 0.660. The quantitative estimate of drug-likeness (QED) is 0.691. The first-order chi connectivity index (χ1) is 6.70. The van der Waals surface area contributed by atoms with Crippen molar-refractivity contribution in [3.05, 3.63) is 34.9 Å². The van der Waals surface area contributed by atoms with E-state index in [0.29, 0.717) is 6.04 Å². The molecule has 0 saturated carbocycles. The van der Waals surface area contributed by atoms with Gasteiger partial charge < -0.3 is 0 Å². The van der Waals surface area contributed by atoms with Gasteiger partial charge in [-0.3, -0.25) is 4.90 Å². The van der Waals surface area contributed by atoms with E-state index in [1.807, 2.05) is 0 Å². The highest BCUT2D eigenvalue weighted by molar-refractivity contribution is 5.34. The Hall–Kier alpha value is -0.820. The van der Waals surface area contributed by atoms with E-state index in [9.17, 15) is 0 Å². The lowest BCUT2D eigenvalue weighted by molar-refractivity contribution is 0.227. The van der Waals surface area contributed by atoms with E-state index in [1.165, 1.54) is 16.7 Å². The van der Waals surface area contributed by atoms with Crippen LogP contribution in [0.2, 0.25) is 0 Å². The average Bonchev–Trinajstić information content (AvgIpc) is 2.59. The second kappa shape index (κ2) is 3.74. The molecule has 0 amide bonds. The van der Waals surface area contributed by atoms with Crippen molar-refractivity contribution >= 4 is 0 Å². The van der Waals surface area contributed by atoms with Gasteiger partial charge >= 0.3 is 0 Å². The molecule has 0 atom stereocenters. The van der Waals surface area contributed by atoms with Crippen molar-refractivity contribution in [2.75, 3.05) is 0 Å². The Bertz CT molecular complexity index is 328. The predicted octanol–water partition coefficient (Wildman–Crippen LogP) is 2.97. The minimum Gasteiger partial charge on any atom is -0.292 e. The molecule has 1 aromatic rings. The molecule has 1 nitrogen and oxygen atoms in total. The molecule has 0 radical (unpaired) electrons. The molecule has 0 fully saturated rings. The van der Waals surface area contributed by atoms with Gasteiger partial charge in [0.2, 0.25) is 0 Å². The van der Waals surface area contributed by atoms with Crippen LogP contribution in [0.25, 0.3) is 0 Å². The van der Waals surface area contributed by atoms with Crippen molar-refractivity contribution in [1.29, 1.82) is 0 Å². The molecular weight excluding hydrogens is 170 g/mol. The van der Waals surface area contributed by atoms with E-state index in [-0.39, 0.29) is 0 Å². The minimum absolute atomic E-state index is 0.660. The van der Waals surface area contributed by atoms with E-state index in [4.69, 9.17) is 0 Å². The third kappa shape index (κ3) is 1.69. The fraction of sp³-hybridized carbons (Fsp3) is 0.538. The SMILES string of the molecule is CCc1ccc2c(c1)CN(C(C)C)C2. The third-order valence-electron chi connectivity index (χ3n) is 3.16. The van der Waals surface area contributed by atoms with E-state index in [2.05, 4.69) is 43.9 Å². The molecule has 0 aliphatic carbocycles. The van der Waals surface area contributed by atoms with Gasteiger partial charge in [0.05, 0.1) is 0 Å². The highest BCUT2D eigenvalue weighted by Gasteiger charge is 2.20. The number of rotatable bonds is 2. The van der Waals surface area contributed by atoms with Gasteiger partial charge in [-0.05, 0) is 37.0 Å². The normalized spacial score (nSPS) is 16.3. The number of benzene rings is 1. The molecule has 1 heterocycles. The van der Waals surface area contributed by atoms with Crippen molar-refractivity contribution in [2.24, 2.45) is 0 Å². The van der Waals surface area contributed by atoms with Crippen LogP contribution >= 0.6 is 0 Å². The van der Waals surface area contributed by atoms with Crippen LogP contribution in [-0.4, -0.2) is 10.9 Å². The fourth-order valence-electron chi connectivity index (χ4n) is 2.06. The van der Waals surface area contributed by atoms with E-state index < -0.39 is 0 Å². The average molecular weight is 189 g/mol. The Morgan fingerprint density at radius 3 is 2.57 bits per heavy atom. The Kier molecular flexibility index (Phi) is 2.60. The molecule has 0 bridgehead atoms. The maximum atomic E-state index is 2.52. The maximum Gasteiger partial charge on any atom is 0.0243 e. The zero-order chi connectivity index (χ0) is 10.1. The second-order valence-electron chi connectivity index (χ2n) is 4.46. The Morgan fingerprint density at radius 1 is 1.21 bits per heavy atom. The first kappa shape index (κ1) is 9.72. The summed E-state index contributed by atoms with van der Waals surface area (Å²) in [7, 11) is 0. The van der Waals surface area contributed by atoms with Gasteiger partial charge in [-0.2, -0.15) is 0 Å². The summed E-state index contributed by atoms with van der Waals surface area (Å²) in [5.74, 6) is 0. The van der Waals surface area contributed by atoms with Gasteiger partial charge in [-0.25, -0.2) is 0 Å². The Morgan fingerprint density at radius 2 is 1.93 bits per heavy atom. The van der Waals surface area contributed by atoms with Crippen LogP contribution in [0.3, 0.4) is 0 Å². The van der Waals surface area contributed by atoms with Crippen molar-refractivity contribution in [3.8, 4) is 0 Å². The Labute approximate surface area is 86.7 Å². The molecule has 0 spiro atoms. The van der Waals surface area contributed by atoms with Crippen molar-refractivity contribution < 1.29 is 0 Å². The smallest absolute Gasteiger partial charge is 0.0243 e. The molecule has 1 aliphatic rings. The standard InChI is InChI=1S/C13H19N/c1-4-11-5-6-12-8-14(10(2)3)9-13(12)7-11/h5-7,10H,4,8-9H2,1-3H3. The summed E-state index contributed by atoms with van der Waals surface area (Å²) in [5, 5.41) is 0. The maximum absolute atomic E-state index is 2.52. The molecule has 1 aromatic carbocycles. The molecule has 2 rings (SSSR count). The van der Waals surface area contributed by atoms with Gasteiger partial charge in [0.15, 0.2) is 0 Å². The van der Waals surface area contributed by atoms with E-state index >= 15 is 0 Å². The van der Waals surface area contributed by atoms with Gasteiger partial charge in [0.1, 0.15) is 0 Å². The van der Waals surface area contributed by atoms with Gasteiger partial charge in [0.25, 0.3) is 0 Å². The third-order valence-corrected chi connectivity index (χ3v) is 3.16. The van der Waals surface area contributed by atoms with Crippen molar-refractivity contribution in [1.82, 2.24) is 4.90 Å². The van der Waals surface area contributed by atoms with E-state index in [1.54, 1.807) is 0 Å². The summed E-state index contributed by atoms with van der Waals surface area (Å²) in [6.07, 6.45) is 1.15. The van der Waals surface area contributed by atoms with Gasteiger partial charge in [0, 0.05) is 19.1 Å². The first-order valence-corrected chi connectivity index (χ1v) is 5.55. The van der Waals surface area contributed by atoms with Crippen LogP contribution in [0.4, 0.5) is 0 Å². The van der Waals surface area contributed by atoms with Crippen molar-refractivity contribution in [3.63, 3.8) is 0 Å². The van der Waals surface area contributed by atoms with Crippen LogP contribution in [0, 0.1) is 0 Å². The second-order valence-corrected chi connectivity index (χ2v) is 4.46. The highest BCUT2D eigenvalue weighted by atomic mass is 15.2. The molecule has 0 unspecified atom stereocenters. The summed E-state index contributed by atoms with van der Waals surface area (Å²) in [4.78, 5) is 2.52. The lowest BCUT2D eigenvalue weighted by Crippen LogP contribution is -2.24. The van der Waals surface area contributed by atoms with Crippen LogP contribution in [-0.2, 0) is 19.5 Å². The molecule has 14 heavy (non-hydrogen) atoms. The molecule has 1 heteroatoms. The Balaban J connectivity index is 2.22. The van der Waals surface area contributed by atoms with Crippen molar-refractivity contribution in [2.45, 2.75) is 46.3 Å². The summed E-state index contributed by atoms with van der Waals surface area (Å²) in [6, 6.07) is 7.60. The topological polar surface area (TPSA) is 3.24 Å². The number of aryl methyl sites for hydroxylation is 1. The zero-order valence-corrected chi connectivity index (χ0v) is 9.38. The fourth-order valence-corrected chi connectivity index (χ4v) is 2.06. The summed E-state index contributed by atoms with van der Waals surface area (Å²) < 4.78 is 0. The highest BCUT2D eigenvalue weighted by Crippen LogP contribution is 2.25. The van der Waals surface area contributed by atoms with E-state index in [0.717, 1.165) is 19.5 Å². The number of hydrogen-bond donors (Lipinski definition) is 0. The lowest BCUT2D eigenvalue weighted by atomic mass is 10.1. The molecule has 0 saturated heterocycles. The van der Waals surface area contributed by atoms with Crippen LogP contribution < -0.4 is 0 Å². The molecule has 1 aliphatic heterocycles. The van der Waals surface area contributed by atoms with Gasteiger partial charge in [-0.1, -0.05) is 25.1 Å². The van der Waals surface area contributed by atoms with Gasteiger partial charge in [-0.15, -0.1) is 0 Å². The lowest BCUT2D eigenvalue weighted by Gasteiger charge is -2.18. The molecular formula is C13H19N. The number of fused-ring (bicyclic) bond motifs is 1. The first-order valence-electron chi connectivity index (χ1n) is 5.55. The monoisotopic (exact) mass is 189 g/mol. The molecule has 0 N–H and O–H groups in total. The van der Waals surface area contributed by atoms with Crippen LogP contribution in [0.5, 0.6) is 0 Å². The summed E-state index contributed by atoms with van der Waals surface area (Å²) in [5.41, 5.74) is 4.53. The molecule has 0 aromatic heterocycles. The molecule has 76 valence electrons. The summed E-state index contributed by atoms with van der Waals surface area (Å²) in [6.45, 7) is 9.04. The van der Waals surface area contributed by atoms with Crippen LogP contribution in [0.1, 0.15) is 37.5 Å². The number of nitrogens with zero attached hydrogens (tertiary/aromatic N) is 1. The summed E-state index contributed by atoms with van der Waals surface area (Å²) >= 11 is 0. The largest absolute Gasteiger partial charge is 0.292 e. The predicted molar refractivity (Wildman–Crippen MR) is 60.2 cm³/mol. The van der Waals surface area contributed by atoms with Crippen LogP contribution in [0.15, 0.2) is 18.2 Å².